The zero-order valence-electron chi connectivity index (χ0n) is 15.9. The molecule has 6 nitrogen and oxygen atoms in total. The van der Waals surface area contributed by atoms with Crippen molar-refractivity contribution in [3.05, 3.63) is 71.2 Å². The third kappa shape index (κ3) is 4.53. The molecule has 2 amide bonds. The van der Waals surface area contributed by atoms with Gasteiger partial charge in [0, 0.05) is 24.2 Å². The molecular formula is C21H25N3O3. The Balaban J connectivity index is 1.98. The number of hydrogen-bond acceptors (Lipinski definition) is 5. The van der Waals surface area contributed by atoms with Crippen molar-refractivity contribution in [1.29, 1.82) is 5.41 Å². The Hall–Kier alpha value is -3.15. The van der Waals surface area contributed by atoms with E-state index >= 15 is 0 Å². The number of benzene rings is 1. The number of carbonyl (C=O) groups is 2. The number of amides is 2. The van der Waals surface area contributed by atoms with Crippen LogP contribution in [0.3, 0.4) is 0 Å². The number of nitrogens with two attached hydrogens (primary N) is 1. The van der Waals surface area contributed by atoms with Crippen LogP contribution in [0.4, 0.5) is 0 Å². The molecule has 0 aliphatic carbocycles. The quantitative estimate of drug-likeness (QED) is 0.318. The van der Waals surface area contributed by atoms with E-state index in [1.807, 2.05) is 6.92 Å². The highest BCUT2D eigenvalue weighted by Crippen LogP contribution is 2.23. The summed E-state index contributed by atoms with van der Waals surface area (Å²) in [5.74, 6) is 0.0632. The van der Waals surface area contributed by atoms with Gasteiger partial charge in [-0.1, -0.05) is 18.7 Å². The van der Waals surface area contributed by atoms with Crippen LogP contribution in [0, 0.1) is 5.41 Å². The van der Waals surface area contributed by atoms with Crippen molar-refractivity contribution in [3.8, 4) is 0 Å². The average Bonchev–Trinajstić information content (AvgIpc) is 2.88. The summed E-state index contributed by atoms with van der Waals surface area (Å²) < 4.78 is 5.82. The summed E-state index contributed by atoms with van der Waals surface area (Å²) in [4.78, 5) is 26.0. The van der Waals surface area contributed by atoms with Crippen molar-refractivity contribution in [2.75, 3.05) is 6.54 Å². The predicted octanol–water partition coefficient (Wildman–Crippen LogP) is 3.42. The molecule has 2 rings (SSSR count). The Morgan fingerprint density at radius 3 is 2.30 bits per heavy atom. The van der Waals surface area contributed by atoms with Crippen LogP contribution in [-0.4, -0.2) is 35.1 Å². The summed E-state index contributed by atoms with van der Waals surface area (Å²) in [5.41, 5.74) is 7.98. The Morgan fingerprint density at radius 1 is 1.26 bits per heavy atom. The minimum absolute atomic E-state index is 0.219. The molecule has 1 atom stereocenters. The number of hydrogen-bond donors (Lipinski definition) is 2. The van der Waals surface area contributed by atoms with Gasteiger partial charge in [-0.15, -0.1) is 0 Å². The van der Waals surface area contributed by atoms with Gasteiger partial charge in [-0.05, 0) is 45.1 Å². The third-order valence-electron chi connectivity index (χ3n) is 4.29. The van der Waals surface area contributed by atoms with Crippen LogP contribution in [-0.2, 0) is 4.74 Å². The van der Waals surface area contributed by atoms with Crippen molar-refractivity contribution in [3.63, 3.8) is 0 Å². The summed E-state index contributed by atoms with van der Waals surface area (Å²) in [7, 11) is 0. The number of allylic oxidation sites excluding steroid dienone is 5. The normalized spacial score (nSPS) is 16.0. The first-order chi connectivity index (χ1) is 12.8. The second-order valence-corrected chi connectivity index (χ2v) is 6.49. The van der Waals surface area contributed by atoms with Crippen molar-refractivity contribution < 1.29 is 14.3 Å². The number of ether oxygens (including phenoxy) is 1. The van der Waals surface area contributed by atoms with E-state index in [4.69, 9.17) is 15.9 Å². The molecule has 1 aromatic carbocycles. The Kier molecular flexibility index (Phi) is 6.34. The zero-order chi connectivity index (χ0) is 20.1. The molecule has 6 heteroatoms. The highest BCUT2D eigenvalue weighted by atomic mass is 16.5. The van der Waals surface area contributed by atoms with Crippen LogP contribution in [0.2, 0.25) is 0 Å². The molecule has 1 aliphatic heterocycles. The molecule has 27 heavy (non-hydrogen) atoms. The minimum Gasteiger partial charge on any atom is -0.495 e. The van der Waals surface area contributed by atoms with E-state index in [0.717, 1.165) is 0 Å². The first-order valence-corrected chi connectivity index (χ1v) is 8.74. The monoisotopic (exact) mass is 367 g/mol. The Bertz CT molecular complexity index is 813. The maximum absolute atomic E-state index is 12.4. The molecule has 1 heterocycles. The van der Waals surface area contributed by atoms with E-state index < -0.39 is 0 Å². The average molecular weight is 367 g/mol. The van der Waals surface area contributed by atoms with Gasteiger partial charge in [0.25, 0.3) is 11.8 Å². The summed E-state index contributed by atoms with van der Waals surface area (Å²) in [6.45, 7) is 9.22. The largest absolute Gasteiger partial charge is 0.495 e. The number of nitrogens with one attached hydrogen (secondary N) is 1. The fraction of sp³-hybridized carbons (Fsp3) is 0.286. The van der Waals surface area contributed by atoms with E-state index in [-0.39, 0.29) is 30.2 Å². The molecule has 3 N–H and O–H groups in total. The van der Waals surface area contributed by atoms with Crippen LogP contribution in [0.1, 0.15) is 47.9 Å². The van der Waals surface area contributed by atoms with Crippen LogP contribution in [0.5, 0.6) is 0 Å². The lowest BCUT2D eigenvalue weighted by Crippen LogP contribution is -2.32. The Morgan fingerprint density at radius 2 is 1.81 bits per heavy atom. The molecule has 1 aromatic rings. The minimum atomic E-state index is -0.265. The van der Waals surface area contributed by atoms with Gasteiger partial charge in [-0.3, -0.25) is 14.5 Å². The van der Waals surface area contributed by atoms with Crippen LogP contribution >= 0.6 is 0 Å². The van der Waals surface area contributed by atoms with Gasteiger partial charge >= 0.3 is 0 Å². The zero-order valence-corrected chi connectivity index (χ0v) is 15.9. The molecule has 142 valence electrons. The Labute approximate surface area is 159 Å². The second kappa shape index (κ2) is 8.49. The molecule has 0 saturated carbocycles. The maximum atomic E-state index is 12.4. The molecule has 0 bridgehead atoms. The van der Waals surface area contributed by atoms with Gasteiger partial charge in [-0.25, -0.2) is 0 Å². The number of imide groups is 1. The predicted molar refractivity (Wildman–Crippen MR) is 106 cm³/mol. The van der Waals surface area contributed by atoms with Crippen molar-refractivity contribution >= 4 is 17.5 Å². The van der Waals surface area contributed by atoms with E-state index in [9.17, 15) is 9.59 Å². The molecule has 0 saturated heterocycles. The molecule has 1 aliphatic rings. The fourth-order valence-corrected chi connectivity index (χ4v) is 2.88. The van der Waals surface area contributed by atoms with Gasteiger partial charge in [0.05, 0.1) is 28.7 Å². The number of fused-ring (bicyclic) bond motifs is 1. The maximum Gasteiger partial charge on any atom is 0.261 e. The smallest absolute Gasteiger partial charge is 0.261 e. The molecule has 0 aromatic heterocycles. The van der Waals surface area contributed by atoms with Crippen molar-refractivity contribution in [2.45, 2.75) is 33.3 Å². The number of carbonyl (C=O) groups excluding carboxylic acids is 2. The lowest BCUT2D eigenvalue weighted by molar-refractivity contribution is 0.0609. The van der Waals surface area contributed by atoms with Crippen molar-refractivity contribution in [1.82, 2.24) is 4.90 Å². The van der Waals surface area contributed by atoms with Gasteiger partial charge in [0.1, 0.15) is 0 Å². The standard InChI is InChI=1S/C21H25N3O3/c1-5-19(23)18(15(4)22)12-14(3)27-13(2)10-11-24-20(25)16-8-6-7-9-17(16)21(24)26/h5-9,12-13,23H,1,10-11,22H2,2-4H3/b14-12+,18-15?,23-19?. The molecule has 1 unspecified atom stereocenters. The van der Waals surface area contributed by atoms with Gasteiger partial charge in [0.2, 0.25) is 0 Å². The number of nitrogens with zero attached hydrogens (tertiary/aromatic N) is 1. The van der Waals surface area contributed by atoms with Crippen LogP contribution in [0.25, 0.3) is 0 Å². The molecule has 0 radical (unpaired) electrons. The summed E-state index contributed by atoms with van der Waals surface area (Å²) in [6, 6.07) is 6.83. The van der Waals surface area contributed by atoms with E-state index in [1.54, 1.807) is 44.2 Å². The highest BCUT2D eigenvalue weighted by Gasteiger charge is 2.34. The first kappa shape index (κ1) is 20.2. The number of rotatable bonds is 8. The second-order valence-electron chi connectivity index (χ2n) is 6.49. The fourth-order valence-electron chi connectivity index (χ4n) is 2.88. The van der Waals surface area contributed by atoms with E-state index in [2.05, 4.69) is 6.58 Å². The highest BCUT2D eigenvalue weighted by molar-refractivity contribution is 6.21. The van der Waals surface area contributed by atoms with Crippen LogP contribution in [0.15, 0.2) is 60.0 Å². The summed E-state index contributed by atoms with van der Waals surface area (Å²) >= 11 is 0. The lowest BCUT2D eigenvalue weighted by Gasteiger charge is -2.19. The molecule has 0 spiro atoms. The summed E-state index contributed by atoms with van der Waals surface area (Å²) in [5, 5.41) is 7.87. The topological polar surface area (TPSA) is 96.5 Å². The van der Waals surface area contributed by atoms with Gasteiger partial charge in [0.15, 0.2) is 0 Å². The van der Waals surface area contributed by atoms with Gasteiger partial charge < -0.3 is 15.9 Å². The van der Waals surface area contributed by atoms with E-state index in [0.29, 0.717) is 34.6 Å². The third-order valence-corrected chi connectivity index (χ3v) is 4.29. The molecule has 0 fully saturated rings. The summed E-state index contributed by atoms with van der Waals surface area (Å²) in [6.07, 6.45) is 3.39. The van der Waals surface area contributed by atoms with Crippen molar-refractivity contribution in [2.24, 2.45) is 5.73 Å². The van der Waals surface area contributed by atoms with Crippen LogP contribution < -0.4 is 5.73 Å². The van der Waals surface area contributed by atoms with Gasteiger partial charge in [-0.2, -0.15) is 0 Å². The molecular weight excluding hydrogens is 342 g/mol. The van der Waals surface area contributed by atoms with E-state index in [1.165, 1.54) is 11.0 Å². The SMILES string of the molecule is C=CC(=N)C(/C=C(\C)OC(C)CCN1C(=O)c2ccccc2C1=O)=C(C)N. The first-order valence-electron chi connectivity index (χ1n) is 8.74. The lowest BCUT2D eigenvalue weighted by atomic mass is 10.1.